The molecule has 1 aromatic rings. The minimum Gasteiger partial charge on any atom is -0.480 e. The molecule has 18 heavy (non-hydrogen) atoms. The standard InChI is InChI=1S/C9H14N2O6S/c1-4-8(6(3)17-10-4)18(15,16)11-7(5(2)12)9(13)14/h5,7,11-12H,1-3H3,(H,13,14)/t5-,7+/m1/s1. The van der Waals surface area contributed by atoms with Crippen molar-refractivity contribution < 1.29 is 27.9 Å². The number of aryl methyl sites for hydroxylation is 2. The van der Waals surface area contributed by atoms with Crippen LogP contribution in [-0.4, -0.2) is 41.9 Å². The lowest BCUT2D eigenvalue weighted by Gasteiger charge is -2.16. The van der Waals surface area contributed by atoms with Gasteiger partial charge in [0.2, 0.25) is 10.0 Å². The van der Waals surface area contributed by atoms with Crippen LogP contribution in [0, 0.1) is 13.8 Å². The Balaban J connectivity index is 3.13. The molecular formula is C9H14N2O6S. The highest BCUT2D eigenvalue weighted by Crippen LogP contribution is 2.19. The minimum atomic E-state index is -4.11. The van der Waals surface area contributed by atoms with Crippen molar-refractivity contribution in [3.05, 3.63) is 11.5 Å². The lowest BCUT2D eigenvalue weighted by atomic mass is 10.2. The average molecular weight is 278 g/mol. The number of hydrogen-bond donors (Lipinski definition) is 3. The van der Waals surface area contributed by atoms with Gasteiger partial charge in [-0.15, -0.1) is 0 Å². The molecule has 0 spiro atoms. The summed E-state index contributed by atoms with van der Waals surface area (Å²) in [6.07, 6.45) is -1.38. The Labute approximate surface area is 104 Å². The van der Waals surface area contributed by atoms with Crippen LogP contribution in [0.25, 0.3) is 0 Å². The van der Waals surface area contributed by atoms with Gasteiger partial charge in [0.25, 0.3) is 0 Å². The maximum Gasteiger partial charge on any atom is 0.324 e. The monoisotopic (exact) mass is 278 g/mol. The number of sulfonamides is 1. The van der Waals surface area contributed by atoms with Gasteiger partial charge in [-0.1, -0.05) is 5.16 Å². The Hall–Kier alpha value is -1.45. The van der Waals surface area contributed by atoms with Gasteiger partial charge in [0.15, 0.2) is 5.76 Å². The van der Waals surface area contributed by atoms with Gasteiger partial charge in [0.05, 0.1) is 6.10 Å². The second-order valence-electron chi connectivity index (χ2n) is 3.83. The van der Waals surface area contributed by atoms with Gasteiger partial charge >= 0.3 is 5.97 Å². The molecule has 0 saturated heterocycles. The number of aromatic nitrogens is 1. The molecule has 8 nitrogen and oxygen atoms in total. The molecule has 0 amide bonds. The quantitative estimate of drug-likeness (QED) is 0.655. The third kappa shape index (κ3) is 2.86. The fraction of sp³-hybridized carbons (Fsp3) is 0.556. The van der Waals surface area contributed by atoms with E-state index in [9.17, 15) is 18.3 Å². The van der Waals surface area contributed by atoms with E-state index in [-0.39, 0.29) is 16.3 Å². The summed E-state index contributed by atoms with van der Waals surface area (Å²) in [5, 5.41) is 21.5. The van der Waals surface area contributed by atoms with Crippen LogP contribution in [0.1, 0.15) is 18.4 Å². The molecule has 1 aromatic heterocycles. The first-order valence-corrected chi connectivity index (χ1v) is 6.51. The first-order valence-electron chi connectivity index (χ1n) is 5.03. The Kier molecular flexibility index (Phi) is 4.09. The van der Waals surface area contributed by atoms with Gasteiger partial charge in [0, 0.05) is 0 Å². The number of aliphatic hydroxyl groups excluding tert-OH is 1. The highest BCUT2D eigenvalue weighted by atomic mass is 32.2. The van der Waals surface area contributed by atoms with Crippen LogP contribution in [0.2, 0.25) is 0 Å². The van der Waals surface area contributed by atoms with Crippen molar-refractivity contribution in [2.24, 2.45) is 0 Å². The maximum atomic E-state index is 12.0. The molecule has 0 radical (unpaired) electrons. The predicted molar refractivity (Wildman–Crippen MR) is 59.4 cm³/mol. The molecule has 1 heterocycles. The van der Waals surface area contributed by atoms with E-state index in [1.807, 2.05) is 4.72 Å². The van der Waals surface area contributed by atoms with Crippen LogP contribution < -0.4 is 4.72 Å². The van der Waals surface area contributed by atoms with Crippen LogP contribution in [0.15, 0.2) is 9.42 Å². The molecule has 2 atom stereocenters. The summed E-state index contributed by atoms with van der Waals surface area (Å²) in [4.78, 5) is 10.6. The summed E-state index contributed by atoms with van der Waals surface area (Å²) in [6, 6.07) is -1.64. The van der Waals surface area contributed by atoms with Crippen molar-refractivity contribution in [2.75, 3.05) is 0 Å². The number of aliphatic carboxylic acids is 1. The number of carboxylic acid groups (broad SMARTS) is 1. The first kappa shape index (κ1) is 14.6. The summed E-state index contributed by atoms with van der Waals surface area (Å²) >= 11 is 0. The third-order valence-electron chi connectivity index (χ3n) is 2.27. The Morgan fingerprint density at radius 3 is 2.33 bits per heavy atom. The number of rotatable bonds is 5. The average Bonchev–Trinajstić information content (AvgIpc) is 2.54. The molecule has 102 valence electrons. The Morgan fingerprint density at radius 1 is 1.44 bits per heavy atom. The Morgan fingerprint density at radius 2 is 2.00 bits per heavy atom. The van der Waals surface area contributed by atoms with Gasteiger partial charge in [-0.05, 0) is 20.8 Å². The van der Waals surface area contributed by atoms with E-state index < -0.39 is 28.1 Å². The molecule has 1 rings (SSSR count). The molecule has 0 aliphatic heterocycles. The molecule has 9 heteroatoms. The van der Waals surface area contributed by atoms with E-state index in [0.29, 0.717) is 0 Å². The maximum absolute atomic E-state index is 12.0. The molecule has 0 bridgehead atoms. The van der Waals surface area contributed by atoms with E-state index in [0.717, 1.165) is 0 Å². The zero-order valence-corrected chi connectivity index (χ0v) is 10.9. The SMILES string of the molecule is Cc1noc(C)c1S(=O)(=O)N[C@H](C(=O)O)[C@@H](C)O. The molecule has 0 unspecified atom stereocenters. The predicted octanol–water partition coefficient (Wildman–Crippen LogP) is -0.596. The molecule has 3 N–H and O–H groups in total. The molecule has 0 aliphatic carbocycles. The van der Waals surface area contributed by atoms with Crippen molar-refractivity contribution in [3.63, 3.8) is 0 Å². The van der Waals surface area contributed by atoms with E-state index in [1.54, 1.807) is 0 Å². The van der Waals surface area contributed by atoms with Gasteiger partial charge in [-0.25, -0.2) is 8.42 Å². The molecule has 0 saturated carbocycles. The van der Waals surface area contributed by atoms with E-state index in [4.69, 9.17) is 9.63 Å². The topological polar surface area (TPSA) is 130 Å². The fourth-order valence-electron chi connectivity index (χ4n) is 1.44. The van der Waals surface area contributed by atoms with Gasteiger partial charge in [0.1, 0.15) is 16.6 Å². The van der Waals surface area contributed by atoms with Crippen LogP contribution >= 0.6 is 0 Å². The number of carboxylic acids is 1. The number of nitrogens with zero attached hydrogens (tertiary/aromatic N) is 1. The molecular weight excluding hydrogens is 264 g/mol. The summed E-state index contributed by atoms with van der Waals surface area (Å²) < 4.78 is 30.5. The normalized spacial score (nSPS) is 15.3. The van der Waals surface area contributed by atoms with Crippen LogP contribution in [-0.2, 0) is 14.8 Å². The number of aliphatic hydroxyl groups is 1. The highest BCUT2D eigenvalue weighted by Gasteiger charge is 2.32. The number of carbonyl (C=O) groups is 1. The summed E-state index contributed by atoms with van der Waals surface area (Å²) in [7, 11) is -4.11. The second-order valence-corrected chi connectivity index (χ2v) is 5.48. The van der Waals surface area contributed by atoms with Crippen molar-refractivity contribution in [3.8, 4) is 0 Å². The fourth-order valence-corrected chi connectivity index (χ4v) is 3.03. The van der Waals surface area contributed by atoms with Crippen LogP contribution in [0.3, 0.4) is 0 Å². The smallest absolute Gasteiger partial charge is 0.324 e. The number of hydrogen-bond acceptors (Lipinski definition) is 6. The van der Waals surface area contributed by atoms with E-state index in [1.165, 1.54) is 20.8 Å². The van der Waals surface area contributed by atoms with Gasteiger partial charge in [-0.3, -0.25) is 4.79 Å². The minimum absolute atomic E-state index is 0.0507. The van der Waals surface area contributed by atoms with Crippen molar-refractivity contribution >= 4 is 16.0 Å². The van der Waals surface area contributed by atoms with Crippen molar-refractivity contribution in [2.45, 2.75) is 37.8 Å². The lowest BCUT2D eigenvalue weighted by Crippen LogP contribution is -2.47. The number of nitrogens with one attached hydrogen (secondary N) is 1. The summed E-state index contributed by atoms with van der Waals surface area (Å²) in [5.74, 6) is -1.42. The zero-order chi connectivity index (χ0) is 14.1. The van der Waals surface area contributed by atoms with Crippen molar-refractivity contribution in [1.29, 1.82) is 0 Å². The largest absolute Gasteiger partial charge is 0.480 e. The summed E-state index contributed by atoms with van der Waals surface area (Å²) in [6.45, 7) is 3.99. The second kappa shape index (κ2) is 5.04. The van der Waals surface area contributed by atoms with E-state index >= 15 is 0 Å². The van der Waals surface area contributed by atoms with Gasteiger partial charge < -0.3 is 14.7 Å². The molecule has 0 aromatic carbocycles. The van der Waals surface area contributed by atoms with Gasteiger partial charge in [-0.2, -0.15) is 4.72 Å². The van der Waals surface area contributed by atoms with E-state index in [2.05, 4.69) is 5.16 Å². The van der Waals surface area contributed by atoms with Crippen LogP contribution in [0.4, 0.5) is 0 Å². The first-order chi connectivity index (χ1) is 8.16. The van der Waals surface area contributed by atoms with Crippen LogP contribution in [0.5, 0.6) is 0 Å². The zero-order valence-electron chi connectivity index (χ0n) is 10.0. The molecule has 0 fully saturated rings. The lowest BCUT2D eigenvalue weighted by molar-refractivity contribution is -0.141. The van der Waals surface area contributed by atoms with Crippen molar-refractivity contribution in [1.82, 2.24) is 9.88 Å². The summed E-state index contributed by atoms with van der Waals surface area (Å²) in [5.41, 5.74) is 0.120. The third-order valence-corrected chi connectivity index (χ3v) is 3.95. The molecule has 0 aliphatic rings. The Bertz CT molecular complexity index is 528. The highest BCUT2D eigenvalue weighted by molar-refractivity contribution is 7.89.